The minimum Gasteiger partial charge on any atom is -0.365 e. The minimum absolute atomic E-state index is 0.0791. The number of carbonyl (C=O) groups is 2. The van der Waals surface area contributed by atoms with Crippen LogP contribution in [0, 0.1) is 0 Å². The van der Waals surface area contributed by atoms with Crippen LogP contribution >= 0.6 is 0 Å². The van der Waals surface area contributed by atoms with Gasteiger partial charge >= 0.3 is 0 Å². The summed E-state index contributed by atoms with van der Waals surface area (Å²) >= 11 is 0. The molecule has 3 heterocycles. The standard InChI is InChI=1S/C23H27N7O2/c1-3-10-30-14-18-20(22(30)32)28-23(25-9-8-24-15(2)31)29-21(18)27-13-16-11-17-6-4-5-7-19(17)26-12-16/h4-7,11-12H,3,8-10,13-14H2,1-2H3,(H,24,31)(H2,25,27,28,29). The molecule has 32 heavy (non-hydrogen) atoms. The fourth-order valence-corrected chi connectivity index (χ4v) is 3.71. The first-order chi connectivity index (χ1) is 15.5. The van der Waals surface area contributed by atoms with Crippen molar-refractivity contribution in [3.05, 3.63) is 53.3 Å². The van der Waals surface area contributed by atoms with Crippen molar-refractivity contribution in [2.24, 2.45) is 0 Å². The first-order valence-corrected chi connectivity index (χ1v) is 10.8. The van der Waals surface area contributed by atoms with E-state index in [-0.39, 0.29) is 11.8 Å². The van der Waals surface area contributed by atoms with Gasteiger partial charge in [-0.15, -0.1) is 0 Å². The molecule has 166 valence electrons. The van der Waals surface area contributed by atoms with Crippen LogP contribution in [0.25, 0.3) is 10.9 Å². The Bertz CT molecular complexity index is 1150. The number of nitrogens with zero attached hydrogens (tertiary/aromatic N) is 4. The molecule has 0 spiro atoms. The van der Waals surface area contributed by atoms with Gasteiger partial charge in [0, 0.05) is 50.2 Å². The highest BCUT2D eigenvalue weighted by Crippen LogP contribution is 2.28. The lowest BCUT2D eigenvalue weighted by Crippen LogP contribution is -2.27. The summed E-state index contributed by atoms with van der Waals surface area (Å²) < 4.78 is 0. The summed E-state index contributed by atoms with van der Waals surface area (Å²) in [6.45, 7) is 6.10. The Morgan fingerprint density at radius 2 is 2.00 bits per heavy atom. The summed E-state index contributed by atoms with van der Waals surface area (Å²) in [7, 11) is 0. The molecular weight excluding hydrogens is 406 g/mol. The molecule has 4 rings (SSSR count). The zero-order chi connectivity index (χ0) is 22.5. The van der Waals surface area contributed by atoms with Crippen LogP contribution in [-0.2, 0) is 17.9 Å². The average Bonchev–Trinajstić information content (AvgIpc) is 3.11. The van der Waals surface area contributed by atoms with Gasteiger partial charge in [-0.2, -0.15) is 4.98 Å². The fourth-order valence-electron chi connectivity index (χ4n) is 3.71. The van der Waals surface area contributed by atoms with E-state index in [0.717, 1.165) is 28.5 Å². The molecule has 0 saturated carbocycles. The monoisotopic (exact) mass is 433 g/mol. The van der Waals surface area contributed by atoms with Crippen molar-refractivity contribution in [2.75, 3.05) is 30.3 Å². The van der Waals surface area contributed by atoms with Gasteiger partial charge < -0.3 is 20.9 Å². The number of aromatic nitrogens is 3. The molecule has 0 aliphatic carbocycles. The van der Waals surface area contributed by atoms with Crippen LogP contribution in [0.3, 0.4) is 0 Å². The highest BCUT2D eigenvalue weighted by molar-refractivity contribution is 5.98. The van der Waals surface area contributed by atoms with E-state index in [4.69, 9.17) is 0 Å². The largest absolute Gasteiger partial charge is 0.365 e. The van der Waals surface area contributed by atoms with E-state index in [9.17, 15) is 9.59 Å². The van der Waals surface area contributed by atoms with Gasteiger partial charge in [0.25, 0.3) is 5.91 Å². The van der Waals surface area contributed by atoms with Crippen molar-refractivity contribution in [3.8, 4) is 0 Å². The predicted octanol–water partition coefficient (Wildman–Crippen LogP) is 2.55. The molecule has 1 aliphatic rings. The zero-order valence-electron chi connectivity index (χ0n) is 18.3. The minimum atomic E-state index is -0.0987. The second kappa shape index (κ2) is 9.59. The average molecular weight is 434 g/mol. The molecule has 9 nitrogen and oxygen atoms in total. The number of benzene rings is 1. The Labute approximate surface area is 186 Å². The van der Waals surface area contributed by atoms with Crippen molar-refractivity contribution in [1.29, 1.82) is 0 Å². The van der Waals surface area contributed by atoms with Gasteiger partial charge in [-0.3, -0.25) is 14.6 Å². The summed E-state index contributed by atoms with van der Waals surface area (Å²) in [4.78, 5) is 39.3. The number of amides is 2. The lowest BCUT2D eigenvalue weighted by atomic mass is 10.1. The number of fused-ring (bicyclic) bond motifs is 2. The lowest BCUT2D eigenvalue weighted by Gasteiger charge is -2.14. The number of anilines is 2. The summed E-state index contributed by atoms with van der Waals surface area (Å²) in [5.41, 5.74) is 3.20. The maximum absolute atomic E-state index is 12.8. The van der Waals surface area contributed by atoms with Crippen LogP contribution in [0.1, 0.15) is 41.9 Å². The number of hydrogen-bond donors (Lipinski definition) is 3. The van der Waals surface area contributed by atoms with Gasteiger partial charge in [0.05, 0.1) is 12.1 Å². The van der Waals surface area contributed by atoms with Crippen LogP contribution in [0.15, 0.2) is 36.5 Å². The second-order valence-corrected chi connectivity index (χ2v) is 7.75. The van der Waals surface area contributed by atoms with Crippen LogP contribution in [0.5, 0.6) is 0 Å². The third kappa shape index (κ3) is 4.77. The third-order valence-corrected chi connectivity index (χ3v) is 5.23. The third-order valence-electron chi connectivity index (χ3n) is 5.23. The summed E-state index contributed by atoms with van der Waals surface area (Å²) in [6.07, 6.45) is 2.72. The van der Waals surface area contributed by atoms with Gasteiger partial charge in [-0.1, -0.05) is 25.1 Å². The molecule has 0 saturated heterocycles. The smallest absolute Gasteiger partial charge is 0.273 e. The van der Waals surface area contributed by atoms with E-state index in [1.807, 2.05) is 37.4 Å². The molecule has 2 amide bonds. The van der Waals surface area contributed by atoms with E-state index in [2.05, 4.69) is 37.0 Å². The number of carbonyl (C=O) groups excluding carboxylic acids is 2. The predicted molar refractivity (Wildman–Crippen MR) is 123 cm³/mol. The Morgan fingerprint density at radius 1 is 1.16 bits per heavy atom. The first kappa shape index (κ1) is 21.5. The Hall–Kier alpha value is -3.75. The molecule has 0 fully saturated rings. The molecule has 0 radical (unpaired) electrons. The Kier molecular flexibility index (Phi) is 6.44. The van der Waals surface area contributed by atoms with Gasteiger partial charge in [0.2, 0.25) is 11.9 Å². The number of para-hydroxylation sites is 1. The van der Waals surface area contributed by atoms with Gasteiger partial charge in [-0.25, -0.2) is 4.98 Å². The normalized spacial score (nSPS) is 12.7. The Morgan fingerprint density at radius 3 is 2.81 bits per heavy atom. The Balaban J connectivity index is 1.55. The highest BCUT2D eigenvalue weighted by Gasteiger charge is 2.32. The molecule has 2 aromatic heterocycles. The maximum atomic E-state index is 12.8. The van der Waals surface area contributed by atoms with Crippen molar-refractivity contribution in [1.82, 2.24) is 25.2 Å². The lowest BCUT2D eigenvalue weighted by molar-refractivity contribution is -0.118. The highest BCUT2D eigenvalue weighted by atomic mass is 16.2. The molecule has 0 atom stereocenters. The van der Waals surface area contributed by atoms with E-state index < -0.39 is 0 Å². The van der Waals surface area contributed by atoms with Crippen LogP contribution in [-0.4, -0.2) is 51.3 Å². The van der Waals surface area contributed by atoms with Crippen molar-refractivity contribution in [3.63, 3.8) is 0 Å². The maximum Gasteiger partial charge on any atom is 0.273 e. The van der Waals surface area contributed by atoms with Gasteiger partial charge in [0.1, 0.15) is 11.5 Å². The molecule has 9 heteroatoms. The van der Waals surface area contributed by atoms with Crippen LogP contribution in [0.4, 0.5) is 11.8 Å². The number of rotatable bonds is 9. The van der Waals surface area contributed by atoms with Crippen molar-refractivity contribution in [2.45, 2.75) is 33.4 Å². The van der Waals surface area contributed by atoms with Gasteiger partial charge in [-0.05, 0) is 24.1 Å². The van der Waals surface area contributed by atoms with Crippen molar-refractivity contribution >= 4 is 34.5 Å². The summed E-state index contributed by atoms with van der Waals surface area (Å²) in [5.74, 6) is 0.820. The van der Waals surface area contributed by atoms with E-state index in [1.54, 1.807) is 4.90 Å². The second-order valence-electron chi connectivity index (χ2n) is 7.75. The zero-order valence-corrected chi connectivity index (χ0v) is 18.3. The topological polar surface area (TPSA) is 112 Å². The summed E-state index contributed by atoms with van der Waals surface area (Å²) in [6, 6.07) is 10.1. The quantitative estimate of drug-likeness (QED) is 0.445. The fraction of sp³-hybridized carbons (Fsp3) is 0.348. The molecule has 1 aromatic carbocycles. The number of hydrogen-bond acceptors (Lipinski definition) is 7. The molecule has 0 bridgehead atoms. The van der Waals surface area contributed by atoms with Crippen molar-refractivity contribution < 1.29 is 9.59 Å². The van der Waals surface area contributed by atoms with Crippen LogP contribution < -0.4 is 16.0 Å². The van der Waals surface area contributed by atoms with Crippen LogP contribution in [0.2, 0.25) is 0 Å². The molecule has 0 unspecified atom stereocenters. The van der Waals surface area contributed by atoms with E-state index in [0.29, 0.717) is 50.2 Å². The molecule has 3 aromatic rings. The van der Waals surface area contributed by atoms with E-state index in [1.165, 1.54) is 6.92 Å². The molecule has 1 aliphatic heterocycles. The number of nitrogens with one attached hydrogen (secondary N) is 3. The number of pyridine rings is 1. The molecule has 3 N–H and O–H groups in total. The molecular formula is C23H27N7O2. The van der Waals surface area contributed by atoms with Gasteiger partial charge in [0.15, 0.2) is 0 Å². The first-order valence-electron chi connectivity index (χ1n) is 10.8. The SMILES string of the molecule is CCCN1Cc2c(NCc3cnc4ccccc4c3)nc(NCCNC(C)=O)nc2C1=O. The van der Waals surface area contributed by atoms with E-state index >= 15 is 0 Å². The summed E-state index contributed by atoms with van der Waals surface area (Å²) in [5, 5.41) is 10.3.